The van der Waals surface area contributed by atoms with Crippen LogP contribution in [0.3, 0.4) is 0 Å². The summed E-state index contributed by atoms with van der Waals surface area (Å²) in [4.78, 5) is 0. The fourth-order valence-corrected chi connectivity index (χ4v) is 2.14. The van der Waals surface area contributed by atoms with Gasteiger partial charge in [-0.1, -0.05) is 6.07 Å². The third kappa shape index (κ3) is 2.40. The minimum Gasteiger partial charge on any atom is -0.396 e. The molecule has 1 saturated heterocycles. The Kier molecular flexibility index (Phi) is 3.70. The van der Waals surface area contributed by atoms with E-state index in [0.717, 1.165) is 12.8 Å². The van der Waals surface area contributed by atoms with Crippen LogP contribution in [0.4, 0.5) is 11.4 Å². The number of nitrogen functional groups attached to an aromatic ring is 1. The summed E-state index contributed by atoms with van der Waals surface area (Å²) in [5.41, 5.74) is 7.10. The normalized spacial score (nSPS) is 18.0. The van der Waals surface area contributed by atoms with Crippen LogP contribution in [0.2, 0.25) is 0 Å². The lowest BCUT2D eigenvalue weighted by Gasteiger charge is -2.37. The number of nitrogens with one attached hydrogen (secondary N) is 1. The Balaban J connectivity index is 2.25. The number of benzene rings is 1. The van der Waals surface area contributed by atoms with Crippen LogP contribution in [0.1, 0.15) is 18.4 Å². The molecule has 1 fully saturated rings. The molecule has 4 N–H and O–H groups in total. The Hall–Kier alpha value is -1.77. The zero-order valence-electron chi connectivity index (χ0n) is 10.1. The molecular formula is C13H17N3O2. The van der Waals surface area contributed by atoms with Crippen LogP contribution in [0.25, 0.3) is 0 Å². The first kappa shape index (κ1) is 12.7. The van der Waals surface area contributed by atoms with Crippen LogP contribution < -0.4 is 11.1 Å². The Morgan fingerprint density at radius 1 is 1.44 bits per heavy atom. The summed E-state index contributed by atoms with van der Waals surface area (Å²) in [7, 11) is 0. The van der Waals surface area contributed by atoms with E-state index in [1.807, 2.05) is 6.07 Å². The van der Waals surface area contributed by atoms with E-state index in [2.05, 4.69) is 11.4 Å². The lowest BCUT2D eigenvalue weighted by atomic mass is 9.90. The van der Waals surface area contributed by atoms with Crippen molar-refractivity contribution < 1.29 is 9.84 Å². The van der Waals surface area contributed by atoms with E-state index in [9.17, 15) is 5.11 Å². The Morgan fingerprint density at radius 3 is 2.78 bits per heavy atom. The van der Waals surface area contributed by atoms with Gasteiger partial charge >= 0.3 is 0 Å². The molecule has 5 nitrogen and oxygen atoms in total. The minimum atomic E-state index is -0.402. The highest BCUT2D eigenvalue weighted by Gasteiger charge is 2.32. The number of ether oxygens (including phenoxy) is 1. The van der Waals surface area contributed by atoms with Crippen molar-refractivity contribution in [1.29, 1.82) is 5.26 Å². The van der Waals surface area contributed by atoms with Gasteiger partial charge in [0.15, 0.2) is 0 Å². The second kappa shape index (κ2) is 5.25. The van der Waals surface area contributed by atoms with Gasteiger partial charge in [0.2, 0.25) is 0 Å². The van der Waals surface area contributed by atoms with Gasteiger partial charge in [0.25, 0.3) is 0 Å². The second-order valence-electron chi connectivity index (χ2n) is 4.55. The third-order valence-electron chi connectivity index (χ3n) is 3.38. The second-order valence-corrected chi connectivity index (χ2v) is 4.55. The maximum atomic E-state index is 9.60. The molecule has 0 saturated carbocycles. The van der Waals surface area contributed by atoms with E-state index in [0.29, 0.717) is 30.2 Å². The molecule has 1 aromatic rings. The highest BCUT2D eigenvalue weighted by atomic mass is 16.5. The molecule has 0 aliphatic carbocycles. The molecule has 1 heterocycles. The first-order chi connectivity index (χ1) is 8.71. The van der Waals surface area contributed by atoms with Gasteiger partial charge in [-0.15, -0.1) is 0 Å². The smallest absolute Gasteiger partial charge is 0.101 e. The molecule has 1 aliphatic heterocycles. The predicted octanol–water partition coefficient (Wildman–Crippen LogP) is 1.09. The topological polar surface area (TPSA) is 91.3 Å². The number of nitrogens with zero attached hydrogens (tertiary/aromatic N) is 1. The summed E-state index contributed by atoms with van der Waals surface area (Å²) in [6.07, 6.45) is 1.44. The number of hydrogen-bond donors (Lipinski definition) is 3. The minimum absolute atomic E-state index is 0.0204. The molecule has 96 valence electrons. The number of anilines is 2. The summed E-state index contributed by atoms with van der Waals surface area (Å²) >= 11 is 0. The van der Waals surface area contributed by atoms with Gasteiger partial charge in [0.1, 0.15) is 6.07 Å². The first-order valence-electron chi connectivity index (χ1n) is 5.96. The molecule has 1 aliphatic rings. The summed E-state index contributed by atoms with van der Waals surface area (Å²) in [5.74, 6) is 0. The van der Waals surface area contributed by atoms with Crippen molar-refractivity contribution in [1.82, 2.24) is 0 Å². The van der Waals surface area contributed by atoms with Crippen LogP contribution in [-0.2, 0) is 4.74 Å². The monoisotopic (exact) mass is 247 g/mol. The summed E-state index contributed by atoms with van der Waals surface area (Å²) in [6.45, 7) is 1.25. The van der Waals surface area contributed by atoms with Crippen LogP contribution in [0, 0.1) is 11.3 Å². The molecule has 0 aromatic heterocycles. The van der Waals surface area contributed by atoms with Crippen molar-refractivity contribution in [3.05, 3.63) is 23.8 Å². The van der Waals surface area contributed by atoms with Crippen molar-refractivity contribution >= 4 is 11.4 Å². The summed E-state index contributed by atoms with van der Waals surface area (Å²) in [5, 5.41) is 21.8. The average Bonchev–Trinajstić information content (AvgIpc) is 2.42. The maximum absolute atomic E-state index is 9.60. The highest BCUT2D eigenvalue weighted by Crippen LogP contribution is 2.30. The number of hydrogen-bond acceptors (Lipinski definition) is 5. The molecule has 0 spiro atoms. The molecule has 0 amide bonds. The molecule has 0 bridgehead atoms. The van der Waals surface area contributed by atoms with Gasteiger partial charge in [0, 0.05) is 13.2 Å². The number of para-hydroxylation sites is 1. The molecule has 18 heavy (non-hydrogen) atoms. The van der Waals surface area contributed by atoms with Crippen molar-refractivity contribution in [3.8, 4) is 6.07 Å². The van der Waals surface area contributed by atoms with E-state index < -0.39 is 5.54 Å². The van der Waals surface area contributed by atoms with Crippen molar-refractivity contribution in [2.75, 3.05) is 30.9 Å². The van der Waals surface area contributed by atoms with Gasteiger partial charge in [-0.25, -0.2) is 0 Å². The SMILES string of the molecule is N#Cc1cccc(NC2(CO)CCOCC2)c1N. The molecular weight excluding hydrogens is 230 g/mol. The van der Waals surface area contributed by atoms with E-state index in [1.54, 1.807) is 12.1 Å². The maximum Gasteiger partial charge on any atom is 0.101 e. The average molecular weight is 247 g/mol. The van der Waals surface area contributed by atoms with Crippen molar-refractivity contribution in [3.63, 3.8) is 0 Å². The van der Waals surface area contributed by atoms with E-state index in [-0.39, 0.29) is 6.61 Å². The van der Waals surface area contributed by atoms with Crippen LogP contribution in [0.15, 0.2) is 18.2 Å². The highest BCUT2D eigenvalue weighted by molar-refractivity contribution is 5.73. The Bertz CT molecular complexity index is 462. The Labute approximate surface area is 106 Å². The fraction of sp³-hybridized carbons (Fsp3) is 0.462. The fourth-order valence-electron chi connectivity index (χ4n) is 2.14. The van der Waals surface area contributed by atoms with E-state index in [4.69, 9.17) is 15.7 Å². The molecule has 1 aromatic carbocycles. The Morgan fingerprint density at radius 2 is 2.17 bits per heavy atom. The summed E-state index contributed by atoms with van der Waals surface area (Å²) < 4.78 is 5.30. The molecule has 0 radical (unpaired) electrons. The number of nitriles is 1. The van der Waals surface area contributed by atoms with Crippen LogP contribution in [-0.4, -0.2) is 30.5 Å². The molecule has 2 rings (SSSR count). The third-order valence-corrected chi connectivity index (χ3v) is 3.38. The van der Waals surface area contributed by atoms with Crippen LogP contribution in [0.5, 0.6) is 0 Å². The van der Waals surface area contributed by atoms with Crippen molar-refractivity contribution in [2.24, 2.45) is 0 Å². The van der Waals surface area contributed by atoms with Gasteiger partial charge in [-0.3, -0.25) is 0 Å². The summed E-state index contributed by atoms with van der Waals surface area (Å²) in [6, 6.07) is 7.33. The standard InChI is InChI=1S/C13H17N3O2/c14-8-10-2-1-3-11(12(10)15)16-13(9-17)4-6-18-7-5-13/h1-3,16-17H,4-7,9,15H2. The number of rotatable bonds is 3. The van der Waals surface area contributed by atoms with Gasteiger partial charge in [-0.05, 0) is 25.0 Å². The van der Waals surface area contributed by atoms with Crippen LogP contribution >= 0.6 is 0 Å². The molecule has 0 unspecified atom stereocenters. The molecule has 0 atom stereocenters. The van der Waals surface area contributed by atoms with Gasteiger partial charge in [0.05, 0.1) is 29.1 Å². The van der Waals surface area contributed by atoms with Gasteiger partial charge < -0.3 is 20.9 Å². The largest absolute Gasteiger partial charge is 0.396 e. The number of aliphatic hydroxyl groups excluding tert-OH is 1. The van der Waals surface area contributed by atoms with Crippen molar-refractivity contribution in [2.45, 2.75) is 18.4 Å². The lowest BCUT2D eigenvalue weighted by molar-refractivity contribution is 0.0380. The zero-order valence-corrected chi connectivity index (χ0v) is 10.1. The number of nitrogens with two attached hydrogens (primary N) is 1. The van der Waals surface area contributed by atoms with Gasteiger partial charge in [-0.2, -0.15) is 5.26 Å². The first-order valence-corrected chi connectivity index (χ1v) is 5.96. The number of aliphatic hydroxyl groups is 1. The lowest BCUT2D eigenvalue weighted by Crippen LogP contribution is -2.47. The van der Waals surface area contributed by atoms with E-state index >= 15 is 0 Å². The van der Waals surface area contributed by atoms with E-state index in [1.165, 1.54) is 0 Å². The molecule has 5 heteroatoms. The predicted molar refractivity (Wildman–Crippen MR) is 69.1 cm³/mol. The zero-order chi connectivity index (χ0) is 13.0. The quantitative estimate of drug-likeness (QED) is 0.695.